The molecule has 0 atom stereocenters. The van der Waals surface area contributed by atoms with E-state index in [2.05, 4.69) is 15.6 Å². The van der Waals surface area contributed by atoms with Gasteiger partial charge in [-0.15, -0.1) is 0 Å². The Morgan fingerprint density at radius 1 is 1.14 bits per heavy atom. The fourth-order valence-corrected chi connectivity index (χ4v) is 2.87. The van der Waals surface area contributed by atoms with Crippen LogP contribution in [0, 0.1) is 0 Å². The highest BCUT2D eigenvalue weighted by Gasteiger charge is 2.15. The Hall–Kier alpha value is -2.07. The number of hydrogen-bond donors (Lipinski definition) is 2. The number of halogens is 1. The molecule has 22 heavy (non-hydrogen) atoms. The zero-order valence-electron chi connectivity index (χ0n) is 12.2. The third kappa shape index (κ3) is 3.77. The first-order valence-electron chi connectivity index (χ1n) is 7.50. The van der Waals surface area contributed by atoms with Crippen LogP contribution in [0.1, 0.15) is 36.2 Å². The second-order valence-electron chi connectivity index (χ2n) is 5.52. The Balaban J connectivity index is 1.63. The van der Waals surface area contributed by atoms with Gasteiger partial charge in [0.1, 0.15) is 5.69 Å². The highest BCUT2D eigenvalue weighted by atomic mass is 35.5. The van der Waals surface area contributed by atoms with Gasteiger partial charge in [0.2, 0.25) is 0 Å². The summed E-state index contributed by atoms with van der Waals surface area (Å²) >= 11 is 5.90. The molecule has 2 N–H and O–H groups in total. The highest BCUT2D eigenvalue weighted by molar-refractivity contribution is 6.30. The minimum atomic E-state index is -0.241. The van der Waals surface area contributed by atoms with Gasteiger partial charge in [-0.1, -0.05) is 30.5 Å². The molecule has 2 aromatic rings. The number of hydrogen-bond acceptors (Lipinski definition) is 3. The summed E-state index contributed by atoms with van der Waals surface area (Å²) in [5, 5.41) is 6.82. The van der Waals surface area contributed by atoms with Gasteiger partial charge in [0.15, 0.2) is 0 Å². The van der Waals surface area contributed by atoms with E-state index in [1.165, 1.54) is 25.7 Å². The van der Waals surface area contributed by atoms with E-state index < -0.39 is 0 Å². The Morgan fingerprint density at radius 3 is 2.64 bits per heavy atom. The first kappa shape index (κ1) is 14.9. The van der Waals surface area contributed by atoms with Crippen LogP contribution in [0.4, 0.5) is 11.4 Å². The van der Waals surface area contributed by atoms with E-state index in [0.717, 1.165) is 5.69 Å². The van der Waals surface area contributed by atoms with E-state index in [9.17, 15) is 4.79 Å². The minimum Gasteiger partial charge on any atom is -0.381 e. The van der Waals surface area contributed by atoms with Crippen LogP contribution in [0.3, 0.4) is 0 Å². The highest BCUT2D eigenvalue weighted by Crippen LogP contribution is 2.22. The number of rotatable bonds is 4. The molecule has 1 saturated carbocycles. The molecule has 0 radical (unpaired) electrons. The summed E-state index contributed by atoms with van der Waals surface area (Å²) in [6, 6.07) is 11.2. The number of carbonyl (C=O) groups excluding carboxylic acids is 1. The van der Waals surface area contributed by atoms with Gasteiger partial charge in [0.25, 0.3) is 5.91 Å². The van der Waals surface area contributed by atoms with Gasteiger partial charge in [-0.3, -0.25) is 4.79 Å². The minimum absolute atomic E-state index is 0.241. The number of amides is 1. The summed E-state index contributed by atoms with van der Waals surface area (Å²) in [7, 11) is 0. The fourth-order valence-electron chi connectivity index (χ4n) is 2.68. The maximum Gasteiger partial charge on any atom is 0.274 e. The van der Waals surface area contributed by atoms with Crippen molar-refractivity contribution in [3.8, 4) is 0 Å². The molecule has 5 heteroatoms. The standard InChI is InChI=1S/C17H18ClN3O/c18-12-4-3-7-14(10-12)21-17(22)16-9-8-15(11-19-16)20-13-5-1-2-6-13/h3-4,7-11,13,20H,1-2,5-6H2,(H,21,22). The molecule has 0 aliphatic heterocycles. The fraction of sp³-hybridized carbons (Fsp3) is 0.294. The molecule has 0 saturated heterocycles. The Morgan fingerprint density at radius 2 is 1.95 bits per heavy atom. The molecule has 0 spiro atoms. The molecule has 1 aromatic carbocycles. The number of carbonyl (C=O) groups is 1. The topological polar surface area (TPSA) is 54.0 Å². The van der Waals surface area contributed by atoms with Crippen molar-refractivity contribution in [3.05, 3.63) is 53.3 Å². The number of pyridine rings is 1. The molecule has 0 bridgehead atoms. The van der Waals surface area contributed by atoms with Gasteiger partial charge in [-0.2, -0.15) is 0 Å². The zero-order valence-corrected chi connectivity index (χ0v) is 12.9. The van der Waals surface area contributed by atoms with Crippen LogP contribution in [0.15, 0.2) is 42.6 Å². The van der Waals surface area contributed by atoms with Gasteiger partial charge in [0, 0.05) is 16.8 Å². The summed E-state index contributed by atoms with van der Waals surface area (Å²) in [6.45, 7) is 0. The summed E-state index contributed by atoms with van der Waals surface area (Å²) in [6.07, 6.45) is 6.69. The average molecular weight is 316 g/mol. The average Bonchev–Trinajstić information content (AvgIpc) is 3.01. The van der Waals surface area contributed by atoms with Crippen LogP contribution in [0.5, 0.6) is 0 Å². The number of aromatic nitrogens is 1. The van der Waals surface area contributed by atoms with Crippen molar-refractivity contribution >= 4 is 28.9 Å². The lowest BCUT2D eigenvalue weighted by atomic mass is 10.2. The summed E-state index contributed by atoms with van der Waals surface area (Å²) < 4.78 is 0. The normalized spacial score (nSPS) is 14.8. The lowest BCUT2D eigenvalue weighted by molar-refractivity contribution is 0.102. The second kappa shape index (κ2) is 6.79. The van der Waals surface area contributed by atoms with Crippen molar-refractivity contribution in [2.45, 2.75) is 31.7 Å². The van der Waals surface area contributed by atoms with Crippen molar-refractivity contribution in [1.29, 1.82) is 0 Å². The van der Waals surface area contributed by atoms with E-state index in [1.807, 2.05) is 6.07 Å². The number of anilines is 2. The van der Waals surface area contributed by atoms with E-state index in [0.29, 0.717) is 22.4 Å². The molecule has 1 amide bonds. The van der Waals surface area contributed by atoms with E-state index >= 15 is 0 Å². The SMILES string of the molecule is O=C(Nc1cccc(Cl)c1)c1ccc(NC2CCCC2)cn1. The van der Waals surface area contributed by atoms with Crippen molar-refractivity contribution in [3.63, 3.8) is 0 Å². The Kier molecular flexibility index (Phi) is 4.59. The van der Waals surface area contributed by atoms with Gasteiger partial charge in [-0.25, -0.2) is 4.98 Å². The molecule has 3 rings (SSSR count). The van der Waals surface area contributed by atoms with Crippen LogP contribution in [0.25, 0.3) is 0 Å². The third-order valence-corrected chi connectivity index (χ3v) is 4.04. The Labute approximate surface area is 134 Å². The number of benzene rings is 1. The number of nitrogens with zero attached hydrogens (tertiary/aromatic N) is 1. The monoisotopic (exact) mass is 315 g/mol. The van der Waals surface area contributed by atoms with Gasteiger partial charge in [0.05, 0.1) is 11.9 Å². The third-order valence-electron chi connectivity index (χ3n) is 3.80. The predicted octanol–water partition coefficient (Wildman–Crippen LogP) is 4.34. The Bertz CT molecular complexity index is 651. The maximum absolute atomic E-state index is 12.1. The smallest absolute Gasteiger partial charge is 0.274 e. The van der Waals surface area contributed by atoms with Crippen LogP contribution < -0.4 is 10.6 Å². The van der Waals surface area contributed by atoms with Crippen LogP contribution in [0.2, 0.25) is 5.02 Å². The molecule has 0 unspecified atom stereocenters. The van der Waals surface area contributed by atoms with Crippen LogP contribution >= 0.6 is 11.6 Å². The van der Waals surface area contributed by atoms with Crippen molar-refractivity contribution in [2.75, 3.05) is 10.6 Å². The lowest BCUT2D eigenvalue weighted by Crippen LogP contribution is -2.16. The maximum atomic E-state index is 12.1. The van der Waals surface area contributed by atoms with Crippen molar-refractivity contribution in [2.24, 2.45) is 0 Å². The first-order valence-corrected chi connectivity index (χ1v) is 7.88. The van der Waals surface area contributed by atoms with Gasteiger partial charge >= 0.3 is 0 Å². The quantitative estimate of drug-likeness (QED) is 0.882. The molecular formula is C17H18ClN3O. The molecule has 1 heterocycles. The van der Waals surface area contributed by atoms with E-state index in [-0.39, 0.29) is 5.91 Å². The summed E-state index contributed by atoms with van der Waals surface area (Å²) in [5.74, 6) is -0.241. The molecule has 1 fully saturated rings. The molecule has 1 aliphatic carbocycles. The van der Waals surface area contributed by atoms with E-state index in [1.54, 1.807) is 36.5 Å². The van der Waals surface area contributed by atoms with Crippen molar-refractivity contribution < 1.29 is 4.79 Å². The largest absolute Gasteiger partial charge is 0.381 e. The van der Waals surface area contributed by atoms with Crippen LogP contribution in [-0.4, -0.2) is 16.9 Å². The first-order chi connectivity index (χ1) is 10.7. The second-order valence-corrected chi connectivity index (χ2v) is 5.96. The van der Waals surface area contributed by atoms with Gasteiger partial charge in [-0.05, 0) is 43.2 Å². The molecular weight excluding hydrogens is 298 g/mol. The molecule has 1 aliphatic rings. The zero-order chi connectivity index (χ0) is 15.4. The summed E-state index contributed by atoms with van der Waals surface area (Å²) in [5.41, 5.74) is 2.01. The lowest BCUT2D eigenvalue weighted by Gasteiger charge is -2.13. The molecule has 114 valence electrons. The van der Waals surface area contributed by atoms with Crippen LogP contribution in [-0.2, 0) is 0 Å². The number of nitrogens with one attached hydrogen (secondary N) is 2. The van der Waals surface area contributed by atoms with E-state index in [4.69, 9.17) is 11.6 Å². The van der Waals surface area contributed by atoms with Gasteiger partial charge < -0.3 is 10.6 Å². The predicted molar refractivity (Wildman–Crippen MR) is 89.5 cm³/mol. The molecule has 1 aromatic heterocycles. The summed E-state index contributed by atoms with van der Waals surface area (Å²) in [4.78, 5) is 16.4. The van der Waals surface area contributed by atoms with Crippen molar-refractivity contribution in [1.82, 2.24) is 4.98 Å². The molecule has 4 nitrogen and oxygen atoms in total.